The van der Waals surface area contributed by atoms with Crippen molar-refractivity contribution in [2.45, 2.75) is 19.1 Å². The molecule has 0 aromatic carbocycles. The average Bonchev–Trinajstić information content (AvgIpc) is 3.17. The van der Waals surface area contributed by atoms with Crippen LogP contribution < -0.4 is 10.6 Å². The van der Waals surface area contributed by atoms with Crippen LogP contribution in [0.25, 0.3) is 0 Å². The van der Waals surface area contributed by atoms with Gasteiger partial charge in [-0.3, -0.25) is 9.59 Å². The van der Waals surface area contributed by atoms with Crippen LogP contribution in [0.1, 0.15) is 23.8 Å². The molecule has 1 atom stereocenters. The lowest BCUT2D eigenvalue weighted by molar-refractivity contribution is -0.139. The summed E-state index contributed by atoms with van der Waals surface area (Å²) in [6.07, 6.45) is 1.21. The van der Waals surface area contributed by atoms with Crippen LogP contribution in [0, 0.1) is 0 Å². The molecular formula is C14H16N2O4S. The summed E-state index contributed by atoms with van der Waals surface area (Å²) in [5.74, 6) is -0.875. The summed E-state index contributed by atoms with van der Waals surface area (Å²) < 4.78 is 5.04. The fourth-order valence-electron chi connectivity index (χ4n) is 1.69. The Kier molecular flexibility index (Phi) is 5.53. The van der Waals surface area contributed by atoms with E-state index in [1.54, 1.807) is 12.1 Å². The zero-order valence-electron chi connectivity index (χ0n) is 11.2. The maximum absolute atomic E-state index is 11.5. The van der Waals surface area contributed by atoms with Gasteiger partial charge in [-0.1, -0.05) is 0 Å². The van der Waals surface area contributed by atoms with Crippen molar-refractivity contribution in [3.05, 3.63) is 46.5 Å². The molecule has 112 valence electrons. The number of aliphatic hydroxyl groups excluding tert-OH is 1. The van der Waals surface area contributed by atoms with Gasteiger partial charge in [0.2, 0.25) is 0 Å². The first-order chi connectivity index (χ1) is 10.2. The minimum Gasteiger partial charge on any atom is -0.467 e. The van der Waals surface area contributed by atoms with Gasteiger partial charge in [-0.15, -0.1) is 0 Å². The van der Waals surface area contributed by atoms with Crippen molar-refractivity contribution in [2.75, 3.05) is 6.54 Å². The number of hydrogen-bond donors (Lipinski definition) is 3. The van der Waals surface area contributed by atoms with Crippen LogP contribution in [0.15, 0.2) is 39.6 Å². The third kappa shape index (κ3) is 4.73. The van der Waals surface area contributed by atoms with Crippen LogP contribution >= 0.6 is 11.3 Å². The van der Waals surface area contributed by atoms with E-state index in [-0.39, 0.29) is 13.1 Å². The van der Waals surface area contributed by atoms with Crippen LogP contribution in [0.5, 0.6) is 0 Å². The molecular weight excluding hydrogens is 292 g/mol. The summed E-state index contributed by atoms with van der Waals surface area (Å²) in [5.41, 5.74) is 0.816. The summed E-state index contributed by atoms with van der Waals surface area (Å²) in [5, 5.41) is 18.5. The highest BCUT2D eigenvalue weighted by Crippen LogP contribution is 2.18. The number of aliphatic hydroxyl groups is 1. The fourth-order valence-corrected chi connectivity index (χ4v) is 2.40. The molecule has 0 bridgehead atoms. The van der Waals surface area contributed by atoms with Crippen LogP contribution in [0.3, 0.4) is 0 Å². The summed E-state index contributed by atoms with van der Waals surface area (Å²) in [7, 11) is 0. The summed E-state index contributed by atoms with van der Waals surface area (Å²) in [6.45, 7) is 0.390. The summed E-state index contributed by atoms with van der Waals surface area (Å²) in [4.78, 5) is 23.1. The third-order valence-corrected chi connectivity index (χ3v) is 3.54. The monoisotopic (exact) mass is 308 g/mol. The Morgan fingerprint density at radius 2 is 2.10 bits per heavy atom. The molecule has 0 unspecified atom stereocenters. The van der Waals surface area contributed by atoms with E-state index >= 15 is 0 Å². The first-order valence-corrected chi connectivity index (χ1v) is 7.39. The normalized spacial score (nSPS) is 11.9. The Bertz CT molecular complexity index is 566. The lowest BCUT2D eigenvalue weighted by Gasteiger charge is -2.09. The van der Waals surface area contributed by atoms with Gasteiger partial charge < -0.3 is 20.2 Å². The van der Waals surface area contributed by atoms with E-state index in [1.165, 1.54) is 17.6 Å². The summed E-state index contributed by atoms with van der Waals surface area (Å²) in [6, 6.07) is 5.23. The molecule has 2 aromatic rings. The van der Waals surface area contributed by atoms with Gasteiger partial charge in [-0.25, -0.2) is 0 Å². The lowest BCUT2D eigenvalue weighted by Crippen LogP contribution is -2.40. The number of rotatable bonds is 6. The highest BCUT2D eigenvalue weighted by atomic mass is 32.1. The van der Waals surface area contributed by atoms with E-state index in [4.69, 9.17) is 4.42 Å². The molecule has 3 N–H and O–H groups in total. The molecule has 2 amide bonds. The standard InChI is InChI=1S/C14H16N2O4S/c17-12(10-4-7-21-9-10)3-5-15-13(18)14(19)16-8-11-2-1-6-20-11/h1-2,4,6-7,9,12,17H,3,5,8H2,(H,15,18)(H,16,19)/t12-/m0/s1. The van der Waals surface area contributed by atoms with E-state index < -0.39 is 17.9 Å². The van der Waals surface area contributed by atoms with Gasteiger partial charge in [0.15, 0.2) is 0 Å². The molecule has 7 heteroatoms. The Balaban J connectivity index is 1.65. The SMILES string of the molecule is O=C(NCC[C@H](O)c1ccsc1)C(=O)NCc1ccco1. The second kappa shape index (κ2) is 7.61. The topological polar surface area (TPSA) is 91.6 Å². The van der Waals surface area contributed by atoms with Gasteiger partial charge in [-0.2, -0.15) is 11.3 Å². The average molecular weight is 308 g/mol. The van der Waals surface area contributed by atoms with Crippen LogP contribution in [-0.2, 0) is 16.1 Å². The van der Waals surface area contributed by atoms with Crippen LogP contribution in [0.2, 0.25) is 0 Å². The Labute approximate surface area is 125 Å². The van der Waals surface area contributed by atoms with Crippen molar-refractivity contribution in [3.63, 3.8) is 0 Å². The van der Waals surface area contributed by atoms with Gasteiger partial charge in [-0.05, 0) is 40.9 Å². The molecule has 21 heavy (non-hydrogen) atoms. The van der Waals surface area contributed by atoms with Crippen LogP contribution in [0.4, 0.5) is 0 Å². The number of furan rings is 1. The maximum Gasteiger partial charge on any atom is 0.309 e. The van der Waals surface area contributed by atoms with E-state index in [1.807, 2.05) is 16.8 Å². The first-order valence-electron chi connectivity index (χ1n) is 6.45. The van der Waals surface area contributed by atoms with E-state index in [0.717, 1.165) is 5.56 Å². The van der Waals surface area contributed by atoms with Crippen molar-refractivity contribution in [2.24, 2.45) is 0 Å². The molecule has 6 nitrogen and oxygen atoms in total. The fraction of sp³-hybridized carbons (Fsp3) is 0.286. The number of thiophene rings is 1. The van der Waals surface area contributed by atoms with Crippen molar-refractivity contribution in [1.82, 2.24) is 10.6 Å². The van der Waals surface area contributed by atoms with E-state index in [0.29, 0.717) is 12.2 Å². The second-order valence-electron chi connectivity index (χ2n) is 4.38. The van der Waals surface area contributed by atoms with Crippen molar-refractivity contribution in [3.8, 4) is 0 Å². The second-order valence-corrected chi connectivity index (χ2v) is 5.16. The first kappa shape index (κ1) is 15.3. The van der Waals surface area contributed by atoms with Gasteiger partial charge in [0.1, 0.15) is 5.76 Å². The van der Waals surface area contributed by atoms with Gasteiger partial charge in [0.25, 0.3) is 0 Å². The maximum atomic E-state index is 11.5. The minimum atomic E-state index is -0.726. The number of amides is 2. The zero-order chi connectivity index (χ0) is 15.1. The Morgan fingerprint density at radius 1 is 1.29 bits per heavy atom. The molecule has 2 rings (SSSR count). The highest BCUT2D eigenvalue weighted by Gasteiger charge is 2.14. The minimum absolute atomic E-state index is 0.163. The number of nitrogens with one attached hydrogen (secondary N) is 2. The predicted molar refractivity (Wildman–Crippen MR) is 77.5 cm³/mol. The predicted octanol–water partition coefficient (Wildman–Crippen LogP) is 1.20. The van der Waals surface area contributed by atoms with Crippen molar-refractivity contribution < 1.29 is 19.1 Å². The smallest absolute Gasteiger partial charge is 0.309 e. The number of hydrogen-bond acceptors (Lipinski definition) is 5. The number of carbonyl (C=O) groups is 2. The molecule has 0 saturated heterocycles. The molecule has 0 aliphatic carbocycles. The molecule has 2 aromatic heterocycles. The van der Waals surface area contributed by atoms with Gasteiger partial charge in [0, 0.05) is 6.54 Å². The molecule has 0 aliphatic rings. The summed E-state index contributed by atoms with van der Waals surface area (Å²) >= 11 is 1.50. The van der Waals surface area contributed by atoms with E-state index in [9.17, 15) is 14.7 Å². The highest BCUT2D eigenvalue weighted by molar-refractivity contribution is 7.07. The lowest BCUT2D eigenvalue weighted by atomic mass is 10.1. The zero-order valence-corrected chi connectivity index (χ0v) is 12.1. The van der Waals surface area contributed by atoms with Gasteiger partial charge in [0.05, 0.1) is 18.9 Å². The van der Waals surface area contributed by atoms with Crippen molar-refractivity contribution in [1.29, 1.82) is 0 Å². The molecule has 0 radical (unpaired) electrons. The number of carbonyl (C=O) groups excluding carboxylic acids is 2. The molecule has 0 spiro atoms. The molecule has 0 fully saturated rings. The molecule has 0 saturated carbocycles. The Morgan fingerprint density at radius 3 is 2.76 bits per heavy atom. The quantitative estimate of drug-likeness (QED) is 0.699. The molecule has 2 heterocycles. The molecule has 0 aliphatic heterocycles. The van der Waals surface area contributed by atoms with E-state index in [2.05, 4.69) is 10.6 Å². The van der Waals surface area contributed by atoms with Crippen molar-refractivity contribution >= 4 is 23.2 Å². The third-order valence-electron chi connectivity index (χ3n) is 2.84. The largest absolute Gasteiger partial charge is 0.467 e. The van der Waals surface area contributed by atoms with Crippen LogP contribution in [-0.4, -0.2) is 23.5 Å². The Hall–Kier alpha value is -2.12. The van der Waals surface area contributed by atoms with Gasteiger partial charge >= 0.3 is 11.8 Å².